The number of rotatable bonds is 1. The Morgan fingerprint density at radius 2 is 1.94 bits per heavy atom. The molecule has 0 radical (unpaired) electrons. The van der Waals surface area contributed by atoms with Gasteiger partial charge in [-0.1, -0.05) is 6.07 Å². The SMILES string of the molecule is c1cc2ccc(N3CCOCC3)cc2cn1. The average Bonchev–Trinajstić information content (AvgIpc) is 2.39. The highest BCUT2D eigenvalue weighted by atomic mass is 16.5. The molecule has 0 unspecified atom stereocenters. The van der Waals surface area contributed by atoms with Crippen LogP contribution < -0.4 is 4.90 Å². The van der Waals surface area contributed by atoms with Gasteiger partial charge in [0.15, 0.2) is 0 Å². The zero-order valence-electron chi connectivity index (χ0n) is 9.10. The lowest BCUT2D eigenvalue weighted by Crippen LogP contribution is -2.36. The number of pyridine rings is 1. The number of ether oxygens (including phenoxy) is 1. The molecule has 1 aliphatic rings. The fourth-order valence-electron chi connectivity index (χ4n) is 2.09. The van der Waals surface area contributed by atoms with Crippen LogP contribution in [-0.2, 0) is 4.74 Å². The monoisotopic (exact) mass is 214 g/mol. The summed E-state index contributed by atoms with van der Waals surface area (Å²) in [4.78, 5) is 6.51. The van der Waals surface area contributed by atoms with Crippen molar-refractivity contribution in [3.8, 4) is 0 Å². The van der Waals surface area contributed by atoms with Crippen LogP contribution >= 0.6 is 0 Å². The van der Waals surface area contributed by atoms with Crippen LogP contribution in [0.25, 0.3) is 10.8 Å². The lowest BCUT2D eigenvalue weighted by molar-refractivity contribution is 0.122. The second-order valence-corrected chi connectivity index (χ2v) is 4.01. The molecule has 1 aromatic carbocycles. The number of morpholine rings is 1. The topological polar surface area (TPSA) is 25.4 Å². The maximum atomic E-state index is 5.35. The molecule has 0 bridgehead atoms. The lowest BCUT2D eigenvalue weighted by Gasteiger charge is -2.29. The molecule has 1 aromatic heterocycles. The molecule has 1 fully saturated rings. The van der Waals surface area contributed by atoms with Gasteiger partial charge in [0.25, 0.3) is 0 Å². The summed E-state index contributed by atoms with van der Waals surface area (Å²) in [6.45, 7) is 3.60. The molecular formula is C13H14N2O. The fourth-order valence-corrected chi connectivity index (χ4v) is 2.09. The third-order valence-corrected chi connectivity index (χ3v) is 3.00. The first-order valence-electron chi connectivity index (χ1n) is 5.60. The Hall–Kier alpha value is -1.61. The Balaban J connectivity index is 1.97. The van der Waals surface area contributed by atoms with Crippen molar-refractivity contribution in [1.82, 2.24) is 4.98 Å². The summed E-state index contributed by atoms with van der Waals surface area (Å²) < 4.78 is 5.35. The normalized spacial score (nSPS) is 16.6. The number of hydrogen-bond acceptors (Lipinski definition) is 3. The van der Waals surface area contributed by atoms with E-state index in [4.69, 9.17) is 4.74 Å². The minimum absolute atomic E-state index is 0.824. The van der Waals surface area contributed by atoms with Crippen molar-refractivity contribution < 1.29 is 4.74 Å². The molecule has 0 amide bonds. The van der Waals surface area contributed by atoms with Crippen LogP contribution in [0, 0.1) is 0 Å². The van der Waals surface area contributed by atoms with Crippen molar-refractivity contribution in [2.24, 2.45) is 0 Å². The number of aromatic nitrogens is 1. The standard InChI is InChI=1S/C13H14N2O/c1-2-13(15-5-7-16-8-6-15)9-12-10-14-4-3-11(1)12/h1-4,9-10H,5-8H2. The maximum Gasteiger partial charge on any atom is 0.0642 e. The smallest absolute Gasteiger partial charge is 0.0642 e. The van der Waals surface area contributed by atoms with E-state index in [1.54, 1.807) is 0 Å². The van der Waals surface area contributed by atoms with Crippen LogP contribution in [0.3, 0.4) is 0 Å². The third-order valence-electron chi connectivity index (χ3n) is 3.00. The zero-order chi connectivity index (χ0) is 10.8. The first-order chi connectivity index (χ1) is 7.93. The predicted octanol–water partition coefficient (Wildman–Crippen LogP) is 2.07. The van der Waals surface area contributed by atoms with Crippen LogP contribution in [0.1, 0.15) is 0 Å². The molecule has 3 rings (SSSR count). The van der Waals surface area contributed by atoms with E-state index in [1.165, 1.54) is 16.5 Å². The second kappa shape index (κ2) is 4.10. The van der Waals surface area contributed by atoms with Crippen molar-refractivity contribution >= 4 is 16.5 Å². The van der Waals surface area contributed by atoms with E-state index < -0.39 is 0 Å². The molecule has 1 saturated heterocycles. The third kappa shape index (κ3) is 1.74. The quantitative estimate of drug-likeness (QED) is 0.726. The van der Waals surface area contributed by atoms with Crippen molar-refractivity contribution in [2.45, 2.75) is 0 Å². The Labute approximate surface area is 94.7 Å². The average molecular weight is 214 g/mol. The lowest BCUT2D eigenvalue weighted by atomic mass is 10.1. The molecular weight excluding hydrogens is 200 g/mol. The summed E-state index contributed by atoms with van der Waals surface area (Å²) in [5.74, 6) is 0. The summed E-state index contributed by atoms with van der Waals surface area (Å²) in [5, 5.41) is 2.44. The van der Waals surface area contributed by atoms with Crippen LogP contribution in [0.2, 0.25) is 0 Å². The summed E-state index contributed by atoms with van der Waals surface area (Å²) in [5.41, 5.74) is 1.27. The first-order valence-corrected chi connectivity index (χ1v) is 5.60. The van der Waals surface area contributed by atoms with Crippen molar-refractivity contribution in [1.29, 1.82) is 0 Å². The van der Waals surface area contributed by atoms with Crippen molar-refractivity contribution in [3.05, 3.63) is 36.7 Å². The Morgan fingerprint density at radius 1 is 1.06 bits per heavy atom. The van der Waals surface area contributed by atoms with Crippen LogP contribution in [0.5, 0.6) is 0 Å². The summed E-state index contributed by atoms with van der Waals surface area (Å²) in [6, 6.07) is 8.57. The summed E-state index contributed by atoms with van der Waals surface area (Å²) in [7, 11) is 0. The number of benzene rings is 1. The Bertz CT molecular complexity index is 492. The zero-order valence-corrected chi connectivity index (χ0v) is 9.10. The molecule has 3 nitrogen and oxygen atoms in total. The van der Waals surface area contributed by atoms with Crippen molar-refractivity contribution in [2.75, 3.05) is 31.2 Å². The molecule has 82 valence electrons. The van der Waals surface area contributed by atoms with Gasteiger partial charge in [-0.05, 0) is 23.6 Å². The van der Waals surface area contributed by atoms with Gasteiger partial charge in [0, 0.05) is 36.6 Å². The van der Waals surface area contributed by atoms with Crippen LogP contribution in [0.4, 0.5) is 5.69 Å². The van der Waals surface area contributed by atoms with Gasteiger partial charge in [-0.2, -0.15) is 0 Å². The highest BCUT2D eigenvalue weighted by molar-refractivity contribution is 5.85. The largest absolute Gasteiger partial charge is 0.378 e. The van der Waals surface area contributed by atoms with Gasteiger partial charge < -0.3 is 9.64 Å². The van der Waals surface area contributed by atoms with E-state index in [1.807, 2.05) is 18.5 Å². The van der Waals surface area contributed by atoms with Gasteiger partial charge in [0.2, 0.25) is 0 Å². The number of nitrogens with zero attached hydrogens (tertiary/aromatic N) is 2. The van der Waals surface area contributed by atoms with Crippen LogP contribution in [0.15, 0.2) is 36.7 Å². The molecule has 3 heteroatoms. The molecule has 2 heterocycles. The Kier molecular flexibility index (Phi) is 2.46. The van der Waals surface area contributed by atoms with Crippen molar-refractivity contribution in [3.63, 3.8) is 0 Å². The number of hydrogen-bond donors (Lipinski definition) is 0. The van der Waals surface area contributed by atoms with Gasteiger partial charge in [0.1, 0.15) is 0 Å². The number of anilines is 1. The minimum atomic E-state index is 0.824. The fraction of sp³-hybridized carbons (Fsp3) is 0.308. The van der Waals surface area contributed by atoms with Gasteiger partial charge in [-0.15, -0.1) is 0 Å². The van der Waals surface area contributed by atoms with Gasteiger partial charge in [-0.25, -0.2) is 0 Å². The van der Waals surface area contributed by atoms with Gasteiger partial charge in [0.05, 0.1) is 13.2 Å². The van der Waals surface area contributed by atoms with Gasteiger partial charge >= 0.3 is 0 Å². The molecule has 0 N–H and O–H groups in total. The molecule has 0 saturated carbocycles. The van der Waals surface area contributed by atoms with E-state index in [0.29, 0.717) is 0 Å². The second-order valence-electron chi connectivity index (χ2n) is 4.01. The predicted molar refractivity (Wildman–Crippen MR) is 64.8 cm³/mol. The Morgan fingerprint density at radius 3 is 2.81 bits per heavy atom. The molecule has 0 spiro atoms. The van der Waals surface area contributed by atoms with E-state index in [-0.39, 0.29) is 0 Å². The maximum absolute atomic E-state index is 5.35. The van der Waals surface area contributed by atoms with Crippen LogP contribution in [-0.4, -0.2) is 31.3 Å². The molecule has 0 atom stereocenters. The minimum Gasteiger partial charge on any atom is -0.378 e. The van der Waals surface area contributed by atoms with Gasteiger partial charge in [-0.3, -0.25) is 4.98 Å². The summed E-state index contributed by atoms with van der Waals surface area (Å²) in [6.07, 6.45) is 3.75. The van der Waals surface area contributed by atoms with E-state index in [0.717, 1.165) is 26.3 Å². The van der Waals surface area contributed by atoms with E-state index in [2.05, 4.69) is 28.1 Å². The highest BCUT2D eigenvalue weighted by Crippen LogP contribution is 2.21. The molecule has 1 aliphatic heterocycles. The molecule has 16 heavy (non-hydrogen) atoms. The number of fused-ring (bicyclic) bond motifs is 1. The van der Waals surface area contributed by atoms with E-state index >= 15 is 0 Å². The first kappa shape index (κ1) is 9.60. The highest BCUT2D eigenvalue weighted by Gasteiger charge is 2.10. The molecule has 2 aromatic rings. The summed E-state index contributed by atoms with van der Waals surface area (Å²) >= 11 is 0. The molecule has 0 aliphatic carbocycles. The van der Waals surface area contributed by atoms with E-state index in [9.17, 15) is 0 Å².